The van der Waals surface area contributed by atoms with E-state index in [-0.39, 0.29) is 0 Å². The van der Waals surface area contributed by atoms with Crippen molar-refractivity contribution in [2.24, 2.45) is 0 Å². The molecule has 4 rings (SSSR count). The predicted molar refractivity (Wildman–Crippen MR) is 114 cm³/mol. The molecule has 5 heteroatoms. The summed E-state index contributed by atoms with van der Waals surface area (Å²) in [6.45, 7) is 2.76. The van der Waals surface area contributed by atoms with E-state index in [1.165, 1.54) is 16.7 Å². The van der Waals surface area contributed by atoms with E-state index in [1.54, 1.807) is 11.8 Å². The fraction of sp³-hybridized carbons (Fsp3) is 0.217. The lowest BCUT2D eigenvalue weighted by Gasteiger charge is -2.28. The fourth-order valence-electron chi connectivity index (χ4n) is 3.41. The molecule has 0 fully saturated rings. The SMILES string of the molecule is N#Cc1cc2c(nc1SCc1ccc(Cl)cc1)CCN(Cc1ccccc1)C2. The Bertz CT molecular complexity index is 997. The summed E-state index contributed by atoms with van der Waals surface area (Å²) in [5, 5.41) is 11.2. The Morgan fingerprint density at radius 3 is 2.61 bits per heavy atom. The number of fused-ring (bicyclic) bond motifs is 1. The summed E-state index contributed by atoms with van der Waals surface area (Å²) in [5.74, 6) is 0.776. The van der Waals surface area contributed by atoms with Crippen LogP contribution in [0, 0.1) is 11.3 Å². The van der Waals surface area contributed by atoms with Crippen LogP contribution in [0.15, 0.2) is 65.7 Å². The summed E-state index contributed by atoms with van der Waals surface area (Å²) < 4.78 is 0. The second kappa shape index (κ2) is 8.79. The first-order chi connectivity index (χ1) is 13.7. The molecule has 0 spiro atoms. The highest BCUT2D eigenvalue weighted by Gasteiger charge is 2.20. The minimum Gasteiger partial charge on any atom is -0.294 e. The van der Waals surface area contributed by atoms with Gasteiger partial charge in [0.1, 0.15) is 11.1 Å². The molecule has 3 aromatic rings. The highest BCUT2D eigenvalue weighted by molar-refractivity contribution is 7.98. The molecule has 0 unspecified atom stereocenters. The zero-order valence-corrected chi connectivity index (χ0v) is 17.0. The van der Waals surface area contributed by atoms with Gasteiger partial charge in [-0.25, -0.2) is 4.98 Å². The molecule has 0 amide bonds. The summed E-state index contributed by atoms with van der Waals surface area (Å²) >= 11 is 7.57. The molecule has 0 saturated heterocycles. The maximum atomic E-state index is 9.62. The van der Waals surface area contributed by atoms with Crippen molar-refractivity contribution in [3.8, 4) is 6.07 Å². The van der Waals surface area contributed by atoms with E-state index in [9.17, 15) is 5.26 Å². The van der Waals surface area contributed by atoms with Crippen LogP contribution in [-0.2, 0) is 25.3 Å². The van der Waals surface area contributed by atoms with E-state index >= 15 is 0 Å². The number of halogens is 1. The van der Waals surface area contributed by atoms with Crippen molar-refractivity contribution in [3.05, 3.63) is 93.6 Å². The molecule has 0 saturated carbocycles. The quantitative estimate of drug-likeness (QED) is 0.528. The normalized spacial score (nSPS) is 13.7. The van der Waals surface area contributed by atoms with E-state index in [0.717, 1.165) is 47.6 Å². The molecule has 0 atom stereocenters. The van der Waals surface area contributed by atoms with E-state index < -0.39 is 0 Å². The van der Waals surface area contributed by atoms with Crippen molar-refractivity contribution in [1.82, 2.24) is 9.88 Å². The average molecular weight is 406 g/mol. The van der Waals surface area contributed by atoms with Crippen LogP contribution in [0.1, 0.15) is 27.9 Å². The van der Waals surface area contributed by atoms with Crippen LogP contribution in [-0.4, -0.2) is 16.4 Å². The molecule has 140 valence electrons. The smallest absolute Gasteiger partial charge is 0.114 e. The van der Waals surface area contributed by atoms with Gasteiger partial charge in [-0.3, -0.25) is 4.90 Å². The number of thioether (sulfide) groups is 1. The fourth-order valence-corrected chi connectivity index (χ4v) is 4.47. The monoisotopic (exact) mass is 405 g/mol. The number of aromatic nitrogens is 1. The number of nitrogens with zero attached hydrogens (tertiary/aromatic N) is 3. The topological polar surface area (TPSA) is 39.9 Å². The van der Waals surface area contributed by atoms with Gasteiger partial charge in [-0.1, -0.05) is 54.1 Å². The van der Waals surface area contributed by atoms with Gasteiger partial charge in [0.25, 0.3) is 0 Å². The molecule has 28 heavy (non-hydrogen) atoms. The number of rotatable bonds is 5. The van der Waals surface area contributed by atoms with Gasteiger partial charge in [-0.2, -0.15) is 5.26 Å². The Morgan fingerprint density at radius 2 is 1.86 bits per heavy atom. The van der Waals surface area contributed by atoms with Crippen molar-refractivity contribution in [3.63, 3.8) is 0 Å². The standard InChI is InChI=1S/C23H20ClN3S/c24-21-8-6-18(7-9-21)16-28-23-19(13-25)12-20-15-27(11-10-22(20)26-23)14-17-4-2-1-3-5-17/h1-9,12H,10-11,14-16H2. The van der Waals surface area contributed by atoms with Gasteiger partial charge in [-0.15, -0.1) is 11.8 Å². The molecule has 1 aromatic heterocycles. The molecule has 3 nitrogen and oxygen atoms in total. The Balaban J connectivity index is 1.48. The molecular weight excluding hydrogens is 386 g/mol. The predicted octanol–water partition coefficient (Wildman–Crippen LogP) is 5.46. The molecule has 1 aliphatic rings. The molecule has 2 heterocycles. The van der Waals surface area contributed by atoms with Crippen molar-refractivity contribution in [1.29, 1.82) is 5.26 Å². The second-order valence-corrected chi connectivity index (χ2v) is 8.32. The third-order valence-electron chi connectivity index (χ3n) is 4.87. The Labute approximate surface area is 175 Å². The lowest BCUT2D eigenvalue weighted by molar-refractivity contribution is 0.243. The number of hydrogen-bond acceptors (Lipinski definition) is 4. The molecule has 0 N–H and O–H groups in total. The van der Waals surface area contributed by atoms with Crippen LogP contribution in [0.3, 0.4) is 0 Å². The number of nitriles is 1. The van der Waals surface area contributed by atoms with Crippen LogP contribution in [0.2, 0.25) is 5.02 Å². The summed E-state index contributed by atoms with van der Waals surface area (Å²) in [6, 6.07) is 22.7. The van der Waals surface area contributed by atoms with Gasteiger partial charge in [0.2, 0.25) is 0 Å². The van der Waals surface area contributed by atoms with Gasteiger partial charge in [0, 0.05) is 42.5 Å². The maximum Gasteiger partial charge on any atom is 0.114 e. The van der Waals surface area contributed by atoms with Crippen LogP contribution >= 0.6 is 23.4 Å². The summed E-state index contributed by atoms with van der Waals surface area (Å²) in [7, 11) is 0. The lowest BCUT2D eigenvalue weighted by Crippen LogP contribution is -2.30. The van der Waals surface area contributed by atoms with Crippen LogP contribution in [0.5, 0.6) is 0 Å². The minimum atomic E-state index is 0.666. The van der Waals surface area contributed by atoms with Crippen molar-refractivity contribution in [2.75, 3.05) is 6.54 Å². The lowest BCUT2D eigenvalue weighted by atomic mass is 10.0. The second-order valence-electron chi connectivity index (χ2n) is 6.92. The van der Waals surface area contributed by atoms with Crippen molar-refractivity contribution < 1.29 is 0 Å². The minimum absolute atomic E-state index is 0.666. The third kappa shape index (κ3) is 4.56. The first-order valence-electron chi connectivity index (χ1n) is 9.27. The zero-order chi connectivity index (χ0) is 19.3. The highest BCUT2D eigenvalue weighted by Crippen LogP contribution is 2.29. The van der Waals surface area contributed by atoms with Gasteiger partial charge < -0.3 is 0 Å². The van der Waals surface area contributed by atoms with E-state index in [4.69, 9.17) is 16.6 Å². The zero-order valence-electron chi connectivity index (χ0n) is 15.4. The molecular formula is C23H20ClN3S. The molecule has 0 radical (unpaired) electrons. The maximum absolute atomic E-state index is 9.62. The van der Waals surface area contributed by atoms with E-state index in [0.29, 0.717) is 5.56 Å². The van der Waals surface area contributed by atoms with E-state index in [1.807, 2.05) is 36.4 Å². The van der Waals surface area contributed by atoms with E-state index in [2.05, 4.69) is 35.2 Å². The summed E-state index contributed by atoms with van der Waals surface area (Å²) in [5.41, 5.74) is 5.46. The Hall–Kier alpha value is -2.32. The first-order valence-corrected chi connectivity index (χ1v) is 10.6. The average Bonchev–Trinajstić information content (AvgIpc) is 2.73. The number of pyridine rings is 1. The Kier molecular flexibility index (Phi) is 5.97. The van der Waals surface area contributed by atoms with Crippen molar-refractivity contribution >= 4 is 23.4 Å². The summed E-state index contributed by atoms with van der Waals surface area (Å²) in [4.78, 5) is 7.26. The first kappa shape index (κ1) is 19.0. The Morgan fingerprint density at radius 1 is 1.07 bits per heavy atom. The largest absolute Gasteiger partial charge is 0.294 e. The summed E-state index contributed by atoms with van der Waals surface area (Å²) in [6.07, 6.45) is 0.919. The number of benzene rings is 2. The van der Waals surface area contributed by atoms with Gasteiger partial charge in [0.15, 0.2) is 0 Å². The van der Waals surface area contributed by atoms with Crippen LogP contribution in [0.4, 0.5) is 0 Å². The number of hydrogen-bond donors (Lipinski definition) is 0. The molecule has 2 aromatic carbocycles. The van der Waals surface area contributed by atoms with Crippen LogP contribution < -0.4 is 0 Å². The molecule has 0 bridgehead atoms. The molecule has 0 aliphatic carbocycles. The highest BCUT2D eigenvalue weighted by atomic mass is 35.5. The van der Waals surface area contributed by atoms with Gasteiger partial charge in [0.05, 0.1) is 5.56 Å². The van der Waals surface area contributed by atoms with Crippen molar-refractivity contribution in [2.45, 2.75) is 30.3 Å². The van der Waals surface area contributed by atoms with Crippen LogP contribution in [0.25, 0.3) is 0 Å². The third-order valence-corrected chi connectivity index (χ3v) is 6.19. The molecule has 1 aliphatic heterocycles. The van der Waals surface area contributed by atoms with Gasteiger partial charge >= 0.3 is 0 Å². The van der Waals surface area contributed by atoms with Gasteiger partial charge in [-0.05, 0) is 34.9 Å².